The number of amides is 3. The van der Waals surface area contributed by atoms with Crippen LogP contribution in [0.2, 0.25) is 0 Å². The number of benzene rings is 1. The maximum absolute atomic E-state index is 12.6. The largest absolute Gasteiger partial charge is 0.496 e. The number of nitrogens with one attached hydrogen (secondary N) is 1. The Morgan fingerprint density at radius 3 is 2.71 bits per heavy atom. The number of nitrogens with zero attached hydrogens (tertiary/aromatic N) is 1. The van der Waals surface area contributed by atoms with E-state index in [0.29, 0.717) is 24.3 Å². The first kappa shape index (κ1) is 13.6. The molecule has 2 aliphatic heterocycles. The number of aryl methyl sites for hydroxylation is 1. The smallest absolute Gasteiger partial charge is 0.255 e. The molecule has 1 aromatic carbocycles. The van der Waals surface area contributed by atoms with Crippen molar-refractivity contribution in [3.8, 4) is 5.75 Å². The summed E-state index contributed by atoms with van der Waals surface area (Å²) in [6.07, 6.45) is 0.623. The summed E-state index contributed by atoms with van der Waals surface area (Å²) in [4.78, 5) is 37.4. The molecule has 6 nitrogen and oxygen atoms in total. The van der Waals surface area contributed by atoms with Crippen LogP contribution in [0.1, 0.15) is 34.3 Å². The molecule has 110 valence electrons. The molecule has 1 fully saturated rings. The molecular weight excluding hydrogens is 272 g/mol. The molecule has 6 heteroatoms. The Kier molecular flexibility index (Phi) is 3.16. The molecule has 1 atom stereocenters. The van der Waals surface area contributed by atoms with Crippen molar-refractivity contribution in [3.05, 3.63) is 28.8 Å². The lowest BCUT2D eigenvalue weighted by Gasteiger charge is -2.29. The zero-order valence-electron chi connectivity index (χ0n) is 11.9. The number of fused-ring (bicyclic) bond motifs is 1. The number of hydrogen-bond acceptors (Lipinski definition) is 4. The molecule has 1 saturated heterocycles. The van der Waals surface area contributed by atoms with Crippen LogP contribution < -0.4 is 10.1 Å². The molecule has 0 radical (unpaired) electrons. The van der Waals surface area contributed by atoms with Gasteiger partial charge in [-0.05, 0) is 25.0 Å². The van der Waals surface area contributed by atoms with Crippen LogP contribution in [0.4, 0.5) is 0 Å². The van der Waals surface area contributed by atoms with Gasteiger partial charge in [0, 0.05) is 12.0 Å². The van der Waals surface area contributed by atoms with E-state index in [1.807, 2.05) is 19.1 Å². The molecule has 0 spiro atoms. The van der Waals surface area contributed by atoms with E-state index < -0.39 is 11.9 Å². The number of imide groups is 1. The van der Waals surface area contributed by atoms with Crippen molar-refractivity contribution >= 4 is 17.7 Å². The first-order valence-electron chi connectivity index (χ1n) is 6.84. The number of carbonyl (C=O) groups excluding carboxylic acids is 3. The zero-order valence-corrected chi connectivity index (χ0v) is 11.9. The summed E-state index contributed by atoms with van der Waals surface area (Å²) >= 11 is 0. The van der Waals surface area contributed by atoms with Crippen LogP contribution in [-0.4, -0.2) is 35.8 Å². The van der Waals surface area contributed by atoms with E-state index in [2.05, 4.69) is 5.32 Å². The van der Waals surface area contributed by atoms with E-state index in [0.717, 1.165) is 11.1 Å². The number of carbonyl (C=O) groups is 3. The minimum absolute atomic E-state index is 0.170. The van der Waals surface area contributed by atoms with Crippen LogP contribution in [-0.2, 0) is 16.1 Å². The van der Waals surface area contributed by atoms with Crippen molar-refractivity contribution in [1.82, 2.24) is 10.2 Å². The first-order chi connectivity index (χ1) is 10.0. The topological polar surface area (TPSA) is 75.7 Å². The fraction of sp³-hybridized carbons (Fsp3) is 0.400. The predicted molar refractivity (Wildman–Crippen MR) is 73.8 cm³/mol. The summed E-state index contributed by atoms with van der Waals surface area (Å²) in [7, 11) is 1.56. The second-order valence-electron chi connectivity index (χ2n) is 5.34. The molecule has 1 N–H and O–H groups in total. The fourth-order valence-electron chi connectivity index (χ4n) is 3.01. The molecule has 0 aromatic heterocycles. The first-order valence-corrected chi connectivity index (χ1v) is 6.84. The van der Waals surface area contributed by atoms with Gasteiger partial charge in [0.05, 0.1) is 19.2 Å². The van der Waals surface area contributed by atoms with Crippen LogP contribution in [0.5, 0.6) is 5.75 Å². The number of piperidine rings is 1. The summed E-state index contributed by atoms with van der Waals surface area (Å²) in [5.74, 6) is -0.201. The Morgan fingerprint density at radius 1 is 1.29 bits per heavy atom. The third-order valence-electron chi connectivity index (χ3n) is 4.09. The molecule has 0 saturated carbocycles. The minimum atomic E-state index is -0.591. The Labute approximate surface area is 122 Å². The van der Waals surface area contributed by atoms with Crippen molar-refractivity contribution in [2.24, 2.45) is 0 Å². The third kappa shape index (κ3) is 2.07. The van der Waals surface area contributed by atoms with Crippen molar-refractivity contribution in [2.75, 3.05) is 7.11 Å². The van der Waals surface area contributed by atoms with Gasteiger partial charge in [-0.15, -0.1) is 0 Å². The number of methoxy groups -OCH3 is 1. The highest BCUT2D eigenvalue weighted by Gasteiger charge is 2.40. The average molecular weight is 288 g/mol. The van der Waals surface area contributed by atoms with Gasteiger partial charge in [0.15, 0.2) is 0 Å². The van der Waals surface area contributed by atoms with Gasteiger partial charge in [-0.3, -0.25) is 19.7 Å². The van der Waals surface area contributed by atoms with Crippen molar-refractivity contribution in [1.29, 1.82) is 0 Å². The van der Waals surface area contributed by atoms with Gasteiger partial charge in [-0.25, -0.2) is 0 Å². The second kappa shape index (κ2) is 4.87. The maximum atomic E-state index is 12.6. The molecule has 0 bridgehead atoms. The number of hydrogen-bond donors (Lipinski definition) is 1. The molecule has 21 heavy (non-hydrogen) atoms. The van der Waals surface area contributed by atoms with Gasteiger partial charge in [0.25, 0.3) is 5.91 Å². The normalized spacial score (nSPS) is 21.3. The quantitative estimate of drug-likeness (QED) is 0.815. The lowest BCUT2D eigenvalue weighted by Crippen LogP contribution is -2.52. The Bertz CT molecular complexity index is 653. The highest BCUT2D eigenvalue weighted by Crippen LogP contribution is 2.35. The van der Waals surface area contributed by atoms with Crippen molar-refractivity contribution in [2.45, 2.75) is 32.4 Å². The Hall–Kier alpha value is -2.37. The fourth-order valence-corrected chi connectivity index (χ4v) is 3.01. The molecule has 3 amide bonds. The SMILES string of the molecule is COc1ccc(C)c2c1CN(C1CCC(=O)NC1=O)C2=O. The second-order valence-corrected chi connectivity index (χ2v) is 5.34. The van der Waals surface area contributed by atoms with Crippen LogP contribution in [0, 0.1) is 6.92 Å². The summed E-state index contributed by atoms with van der Waals surface area (Å²) in [6, 6.07) is 3.07. The lowest BCUT2D eigenvalue weighted by atomic mass is 10.0. The summed E-state index contributed by atoms with van der Waals surface area (Å²) in [5.41, 5.74) is 2.29. The molecule has 2 heterocycles. The number of rotatable bonds is 2. The van der Waals surface area contributed by atoms with Gasteiger partial charge >= 0.3 is 0 Å². The van der Waals surface area contributed by atoms with E-state index in [9.17, 15) is 14.4 Å². The van der Waals surface area contributed by atoms with E-state index in [1.54, 1.807) is 7.11 Å². The summed E-state index contributed by atoms with van der Waals surface area (Å²) < 4.78 is 5.31. The van der Waals surface area contributed by atoms with Crippen LogP contribution in [0.15, 0.2) is 12.1 Å². The third-order valence-corrected chi connectivity index (χ3v) is 4.09. The summed E-state index contributed by atoms with van der Waals surface area (Å²) in [5, 5.41) is 2.29. The molecule has 1 aromatic rings. The Balaban J connectivity index is 1.95. The van der Waals surface area contributed by atoms with E-state index in [-0.39, 0.29) is 18.2 Å². The molecule has 3 rings (SSSR count). The zero-order chi connectivity index (χ0) is 15.1. The summed E-state index contributed by atoms with van der Waals surface area (Å²) in [6.45, 7) is 2.20. The monoisotopic (exact) mass is 288 g/mol. The van der Waals surface area contributed by atoms with Crippen molar-refractivity contribution < 1.29 is 19.1 Å². The highest BCUT2D eigenvalue weighted by molar-refractivity contribution is 6.06. The van der Waals surface area contributed by atoms with Gasteiger partial charge in [0.2, 0.25) is 11.8 Å². The molecule has 2 aliphatic rings. The standard InChI is InChI=1S/C15H16N2O4/c1-8-3-5-11(21-2)9-7-17(15(20)13(8)9)10-4-6-12(18)16-14(10)19/h3,5,10H,4,6-7H2,1-2H3,(H,16,18,19). The molecule has 1 unspecified atom stereocenters. The lowest BCUT2D eigenvalue weighted by molar-refractivity contribution is -0.136. The highest BCUT2D eigenvalue weighted by atomic mass is 16.5. The van der Waals surface area contributed by atoms with Crippen LogP contribution in [0.25, 0.3) is 0 Å². The Morgan fingerprint density at radius 2 is 2.05 bits per heavy atom. The van der Waals surface area contributed by atoms with Crippen LogP contribution >= 0.6 is 0 Å². The van der Waals surface area contributed by atoms with Gasteiger partial charge in [0.1, 0.15) is 11.8 Å². The minimum Gasteiger partial charge on any atom is -0.496 e. The predicted octanol–water partition coefficient (Wildman–Crippen LogP) is 0.765. The van der Waals surface area contributed by atoms with Crippen LogP contribution in [0.3, 0.4) is 0 Å². The number of ether oxygens (including phenoxy) is 1. The van der Waals surface area contributed by atoms with Gasteiger partial charge in [-0.1, -0.05) is 6.07 Å². The van der Waals surface area contributed by atoms with E-state index >= 15 is 0 Å². The van der Waals surface area contributed by atoms with E-state index in [1.165, 1.54) is 4.90 Å². The average Bonchev–Trinajstić information content (AvgIpc) is 2.78. The van der Waals surface area contributed by atoms with Gasteiger partial charge in [-0.2, -0.15) is 0 Å². The van der Waals surface area contributed by atoms with Gasteiger partial charge < -0.3 is 9.64 Å². The van der Waals surface area contributed by atoms with E-state index in [4.69, 9.17) is 4.74 Å². The maximum Gasteiger partial charge on any atom is 0.255 e. The molecular formula is C15H16N2O4. The van der Waals surface area contributed by atoms with Crippen molar-refractivity contribution in [3.63, 3.8) is 0 Å². The molecule has 0 aliphatic carbocycles.